The van der Waals surface area contributed by atoms with Crippen LogP contribution in [0.2, 0.25) is 0 Å². The van der Waals surface area contributed by atoms with Crippen molar-refractivity contribution in [3.05, 3.63) is 48.2 Å². The lowest BCUT2D eigenvalue weighted by Gasteiger charge is -2.32. The van der Waals surface area contributed by atoms with Crippen LogP contribution >= 0.6 is 24.0 Å². The number of hydrogen-bond acceptors (Lipinski definition) is 5. The summed E-state index contributed by atoms with van der Waals surface area (Å²) >= 11 is 0. The van der Waals surface area contributed by atoms with Crippen LogP contribution in [-0.2, 0) is 11.3 Å². The summed E-state index contributed by atoms with van der Waals surface area (Å²) in [5, 5.41) is 2.83. The Kier molecular flexibility index (Phi) is 8.92. The van der Waals surface area contributed by atoms with Crippen LogP contribution in [0.1, 0.15) is 18.4 Å². The molecule has 0 aliphatic carbocycles. The molecule has 2 heterocycles. The maximum atomic E-state index is 12.2. The molecule has 0 spiro atoms. The lowest BCUT2D eigenvalue weighted by molar-refractivity contribution is -0.274. The van der Waals surface area contributed by atoms with Crippen molar-refractivity contribution in [3.63, 3.8) is 0 Å². The summed E-state index contributed by atoms with van der Waals surface area (Å²) in [5.74, 6) is 0.160. The highest BCUT2D eigenvalue weighted by Gasteiger charge is 2.31. The Labute approximate surface area is 200 Å². The van der Waals surface area contributed by atoms with Gasteiger partial charge in [-0.1, -0.05) is 6.07 Å². The molecule has 2 aromatic rings. The first-order chi connectivity index (χ1) is 14.7. The Bertz CT molecular complexity index is 932. The van der Waals surface area contributed by atoms with Gasteiger partial charge in [-0.25, -0.2) is 9.98 Å². The fourth-order valence-corrected chi connectivity index (χ4v) is 3.31. The van der Waals surface area contributed by atoms with Gasteiger partial charge in [0.2, 0.25) is 5.91 Å². The molecule has 1 amide bonds. The lowest BCUT2D eigenvalue weighted by Crippen LogP contribution is -2.39. The van der Waals surface area contributed by atoms with E-state index in [1.54, 1.807) is 12.3 Å². The van der Waals surface area contributed by atoms with Gasteiger partial charge in [-0.05, 0) is 43.2 Å². The zero-order chi connectivity index (χ0) is 22.4. The lowest BCUT2D eigenvalue weighted by atomic mass is 9.96. The van der Waals surface area contributed by atoms with Crippen molar-refractivity contribution in [1.82, 2.24) is 4.98 Å². The highest BCUT2D eigenvalue weighted by atomic mass is 127. The second-order valence-electron chi connectivity index (χ2n) is 7.05. The number of halogens is 4. The van der Waals surface area contributed by atoms with Gasteiger partial charge in [0.15, 0.2) is 5.96 Å². The number of alkyl halides is 3. The molecule has 8 nitrogen and oxygen atoms in total. The van der Waals surface area contributed by atoms with E-state index in [-0.39, 0.29) is 54.1 Å². The van der Waals surface area contributed by atoms with Gasteiger partial charge in [0.1, 0.15) is 11.6 Å². The SMILES string of the molecule is I.NC(=O)C1CCN(c2ncccc2CN=C(N)Nc2ccc(OC(F)(F)F)cc2)CC1. The zero-order valence-corrected chi connectivity index (χ0v) is 19.3. The van der Waals surface area contributed by atoms with Gasteiger partial charge in [0.25, 0.3) is 0 Å². The predicted molar refractivity (Wildman–Crippen MR) is 126 cm³/mol. The molecule has 3 rings (SSSR count). The van der Waals surface area contributed by atoms with E-state index in [0.29, 0.717) is 31.6 Å². The van der Waals surface area contributed by atoms with Crippen LogP contribution < -0.4 is 26.4 Å². The standard InChI is InChI=1S/C20H23F3N6O2.HI/c21-20(22,23)31-16-5-3-15(4-6-16)28-19(25)27-12-14-2-1-9-26-18(14)29-10-7-13(8-11-29)17(24)30;/h1-6,9,13H,7-8,10-12H2,(H2,24,30)(H3,25,27,28);1H. The fraction of sp³-hybridized carbons (Fsp3) is 0.350. The number of ether oxygens (including phenoxy) is 1. The number of guanidine groups is 1. The molecule has 5 N–H and O–H groups in total. The summed E-state index contributed by atoms with van der Waals surface area (Å²) in [5.41, 5.74) is 12.6. The molecule has 0 saturated carbocycles. The van der Waals surface area contributed by atoms with Gasteiger partial charge < -0.3 is 26.4 Å². The van der Waals surface area contributed by atoms with E-state index in [2.05, 4.69) is 24.9 Å². The number of nitrogens with one attached hydrogen (secondary N) is 1. The first-order valence-electron chi connectivity index (χ1n) is 9.62. The third-order valence-electron chi connectivity index (χ3n) is 4.84. The monoisotopic (exact) mass is 564 g/mol. The summed E-state index contributed by atoms with van der Waals surface area (Å²) in [6.07, 6.45) is -1.71. The Balaban J connectivity index is 0.00000363. The largest absolute Gasteiger partial charge is 0.573 e. The summed E-state index contributed by atoms with van der Waals surface area (Å²) in [7, 11) is 0. The third kappa shape index (κ3) is 7.43. The summed E-state index contributed by atoms with van der Waals surface area (Å²) in [4.78, 5) is 22.2. The molecule has 0 atom stereocenters. The van der Waals surface area contributed by atoms with E-state index >= 15 is 0 Å². The van der Waals surface area contributed by atoms with E-state index in [9.17, 15) is 18.0 Å². The van der Waals surface area contributed by atoms with Gasteiger partial charge >= 0.3 is 6.36 Å². The Morgan fingerprint density at radius 1 is 1.19 bits per heavy atom. The minimum Gasteiger partial charge on any atom is -0.406 e. The molecule has 12 heteroatoms. The van der Waals surface area contributed by atoms with Crippen LogP contribution in [0.5, 0.6) is 5.75 Å². The van der Waals surface area contributed by atoms with Gasteiger partial charge in [-0.2, -0.15) is 0 Å². The van der Waals surface area contributed by atoms with E-state index in [1.165, 1.54) is 24.3 Å². The zero-order valence-electron chi connectivity index (χ0n) is 17.0. The number of pyridine rings is 1. The molecule has 0 radical (unpaired) electrons. The third-order valence-corrected chi connectivity index (χ3v) is 4.84. The van der Waals surface area contributed by atoms with E-state index < -0.39 is 6.36 Å². The smallest absolute Gasteiger partial charge is 0.406 e. The Morgan fingerprint density at radius 3 is 2.44 bits per heavy atom. The van der Waals surface area contributed by atoms with E-state index in [0.717, 1.165) is 11.4 Å². The van der Waals surface area contributed by atoms with Crippen molar-refractivity contribution >= 4 is 47.3 Å². The Morgan fingerprint density at radius 2 is 1.84 bits per heavy atom. The van der Waals surface area contributed by atoms with E-state index in [1.807, 2.05) is 6.07 Å². The maximum absolute atomic E-state index is 12.2. The molecule has 0 bridgehead atoms. The average Bonchev–Trinajstić information content (AvgIpc) is 2.73. The van der Waals surface area contributed by atoms with Gasteiger partial charge in [-0.3, -0.25) is 4.79 Å². The molecular formula is C20H24F3IN6O2. The molecule has 1 saturated heterocycles. The van der Waals surface area contributed by atoms with Crippen LogP contribution in [0.15, 0.2) is 47.6 Å². The van der Waals surface area contributed by atoms with Crippen molar-refractivity contribution in [1.29, 1.82) is 0 Å². The number of piperidine rings is 1. The maximum Gasteiger partial charge on any atom is 0.573 e. The number of anilines is 2. The topological polar surface area (TPSA) is 119 Å². The number of primary amides is 1. The predicted octanol–water partition coefficient (Wildman–Crippen LogP) is 3.23. The fourth-order valence-electron chi connectivity index (χ4n) is 3.31. The van der Waals surface area contributed by atoms with Crippen LogP contribution in [0, 0.1) is 5.92 Å². The first kappa shape index (κ1) is 25.5. The van der Waals surface area contributed by atoms with Crippen LogP contribution in [0.25, 0.3) is 0 Å². The highest BCUT2D eigenvalue weighted by molar-refractivity contribution is 14.0. The second kappa shape index (κ2) is 11.2. The van der Waals surface area contributed by atoms with Crippen LogP contribution in [0.4, 0.5) is 24.7 Å². The van der Waals surface area contributed by atoms with Crippen LogP contribution in [0.3, 0.4) is 0 Å². The number of nitrogens with zero attached hydrogens (tertiary/aromatic N) is 3. The summed E-state index contributed by atoms with van der Waals surface area (Å²) in [6, 6.07) is 8.86. The number of carbonyl (C=O) groups is 1. The molecule has 1 aliphatic rings. The minimum atomic E-state index is -4.74. The molecule has 1 aromatic carbocycles. The molecule has 0 unspecified atom stereocenters. The number of amides is 1. The summed E-state index contributed by atoms with van der Waals surface area (Å²) in [6.45, 7) is 1.59. The average molecular weight is 564 g/mol. The molecule has 174 valence electrons. The molecule has 1 aromatic heterocycles. The van der Waals surface area contributed by atoms with Crippen molar-refractivity contribution in [2.75, 3.05) is 23.3 Å². The number of hydrogen-bond donors (Lipinski definition) is 3. The molecular weight excluding hydrogens is 540 g/mol. The highest BCUT2D eigenvalue weighted by Crippen LogP contribution is 2.26. The quantitative estimate of drug-likeness (QED) is 0.282. The van der Waals surface area contributed by atoms with Gasteiger partial charge in [0, 0.05) is 36.5 Å². The van der Waals surface area contributed by atoms with Crippen LogP contribution in [-0.4, -0.2) is 36.3 Å². The number of benzene rings is 1. The molecule has 1 fully saturated rings. The number of aliphatic imine (C=N–C) groups is 1. The van der Waals surface area contributed by atoms with Crippen molar-refractivity contribution in [2.45, 2.75) is 25.7 Å². The van der Waals surface area contributed by atoms with Gasteiger partial charge in [0.05, 0.1) is 6.54 Å². The van der Waals surface area contributed by atoms with Crippen molar-refractivity contribution < 1.29 is 22.7 Å². The Hall–Kier alpha value is -2.77. The number of rotatable bonds is 6. The number of nitrogens with two attached hydrogens (primary N) is 2. The van der Waals surface area contributed by atoms with Crippen molar-refractivity contribution in [2.24, 2.45) is 22.4 Å². The molecule has 1 aliphatic heterocycles. The minimum absolute atomic E-state index is 0. The normalized spacial score (nSPS) is 15.1. The van der Waals surface area contributed by atoms with Crippen molar-refractivity contribution in [3.8, 4) is 5.75 Å². The summed E-state index contributed by atoms with van der Waals surface area (Å²) < 4.78 is 40.5. The first-order valence-corrected chi connectivity index (χ1v) is 9.62. The van der Waals surface area contributed by atoms with Gasteiger partial charge in [-0.15, -0.1) is 37.1 Å². The number of carbonyl (C=O) groups excluding carboxylic acids is 1. The number of aromatic nitrogens is 1. The second-order valence-corrected chi connectivity index (χ2v) is 7.05. The van der Waals surface area contributed by atoms with E-state index in [4.69, 9.17) is 11.5 Å². The molecule has 32 heavy (non-hydrogen) atoms.